The molecule has 1 aliphatic rings. The van der Waals surface area contributed by atoms with Gasteiger partial charge in [-0.3, -0.25) is 9.10 Å². The Bertz CT molecular complexity index is 1060. The minimum Gasteiger partial charge on any atom is -0.457 e. The Morgan fingerprint density at radius 1 is 1.03 bits per heavy atom. The molecule has 2 aromatic rings. The van der Waals surface area contributed by atoms with E-state index in [1.807, 2.05) is 30.3 Å². The fraction of sp³-hybridized carbons (Fsp3) is 0.440. The van der Waals surface area contributed by atoms with Gasteiger partial charge in [0.2, 0.25) is 10.0 Å². The Labute approximate surface area is 196 Å². The molecule has 1 aliphatic carbocycles. The van der Waals surface area contributed by atoms with Crippen molar-refractivity contribution in [2.45, 2.75) is 46.5 Å². The third kappa shape index (κ3) is 7.32. The first kappa shape index (κ1) is 24.8. The predicted octanol–water partition coefficient (Wildman–Crippen LogP) is 4.95. The van der Waals surface area contributed by atoms with Gasteiger partial charge in [-0.1, -0.05) is 39.0 Å². The number of hydrogen-bond donors (Lipinski definition) is 1. The average molecular weight is 472 g/mol. The molecule has 0 heterocycles. The number of nitrogens with zero attached hydrogens (tertiary/aromatic N) is 2. The lowest BCUT2D eigenvalue weighted by Gasteiger charge is -2.34. The van der Waals surface area contributed by atoms with Gasteiger partial charge in [0, 0.05) is 5.71 Å². The van der Waals surface area contributed by atoms with Crippen LogP contribution in [0, 0.1) is 11.3 Å². The number of ether oxygens (including phenoxy) is 1. The summed E-state index contributed by atoms with van der Waals surface area (Å²) in [4.78, 5) is 12.5. The number of para-hydroxylation sites is 1. The van der Waals surface area contributed by atoms with Crippen LogP contribution in [0.2, 0.25) is 0 Å². The van der Waals surface area contributed by atoms with Crippen LogP contribution in [0.4, 0.5) is 5.69 Å². The van der Waals surface area contributed by atoms with Gasteiger partial charge in [0.05, 0.1) is 11.9 Å². The Hall–Kier alpha value is -2.87. The number of hydrazone groups is 1. The van der Waals surface area contributed by atoms with Crippen molar-refractivity contribution in [2.24, 2.45) is 16.4 Å². The molecule has 0 aliphatic heterocycles. The molecule has 0 aromatic heterocycles. The van der Waals surface area contributed by atoms with Crippen molar-refractivity contribution < 1.29 is 17.9 Å². The van der Waals surface area contributed by atoms with E-state index in [2.05, 4.69) is 31.3 Å². The molecule has 1 N–H and O–H groups in total. The van der Waals surface area contributed by atoms with Crippen LogP contribution < -0.4 is 14.5 Å². The number of rotatable bonds is 7. The van der Waals surface area contributed by atoms with Crippen molar-refractivity contribution in [3.8, 4) is 11.5 Å². The van der Waals surface area contributed by atoms with E-state index in [9.17, 15) is 13.2 Å². The highest BCUT2D eigenvalue weighted by atomic mass is 32.2. The molecular formula is C25H33N3O4S. The standard InChI is InChI=1S/C25H33N3O4S/c1-25(2,3)19-10-12-20(13-11-19)26-27-24(29)18-28(33(4,30)31)21-14-16-23(17-15-21)32-22-8-6-5-7-9-22/h5-9,14-17,19H,10-13,18H2,1-4H3,(H,27,29). The smallest absolute Gasteiger partial charge is 0.260 e. The van der Waals surface area contributed by atoms with Crippen molar-refractivity contribution in [3.63, 3.8) is 0 Å². The first-order chi connectivity index (χ1) is 15.5. The molecule has 3 rings (SSSR count). The second-order valence-electron chi connectivity index (χ2n) is 9.53. The molecule has 0 spiro atoms. The summed E-state index contributed by atoms with van der Waals surface area (Å²) in [5.74, 6) is 1.41. The van der Waals surface area contributed by atoms with Crippen LogP contribution in [0.5, 0.6) is 11.5 Å². The largest absolute Gasteiger partial charge is 0.457 e. The zero-order valence-corrected chi connectivity index (χ0v) is 20.6. The molecule has 1 saturated carbocycles. The van der Waals surface area contributed by atoms with Gasteiger partial charge >= 0.3 is 0 Å². The highest BCUT2D eigenvalue weighted by Gasteiger charge is 2.28. The number of anilines is 1. The molecule has 33 heavy (non-hydrogen) atoms. The van der Waals surface area contributed by atoms with Crippen molar-refractivity contribution >= 4 is 27.3 Å². The number of benzene rings is 2. The first-order valence-corrected chi connectivity index (χ1v) is 13.0. The van der Waals surface area contributed by atoms with Crippen molar-refractivity contribution in [1.29, 1.82) is 0 Å². The zero-order chi connectivity index (χ0) is 24.1. The van der Waals surface area contributed by atoms with Gasteiger partial charge < -0.3 is 4.74 Å². The number of nitrogens with one attached hydrogen (secondary N) is 1. The summed E-state index contributed by atoms with van der Waals surface area (Å²) in [6.07, 6.45) is 4.87. The predicted molar refractivity (Wildman–Crippen MR) is 132 cm³/mol. The summed E-state index contributed by atoms with van der Waals surface area (Å²) < 4.78 is 31.5. The molecular weight excluding hydrogens is 438 g/mol. The Balaban J connectivity index is 1.61. The first-order valence-electron chi connectivity index (χ1n) is 11.2. The van der Waals surface area contributed by atoms with Gasteiger partial charge in [0.15, 0.2) is 0 Å². The second-order valence-corrected chi connectivity index (χ2v) is 11.4. The Morgan fingerprint density at radius 2 is 1.61 bits per heavy atom. The highest BCUT2D eigenvalue weighted by Crippen LogP contribution is 2.36. The lowest BCUT2D eigenvalue weighted by atomic mass is 9.72. The molecule has 0 atom stereocenters. The summed E-state index contributed by atoms with van der Waals surface area (Å²) in [5.41, 5.74) is 4.15. The SMILES string of the molecule is CC(C)(C)C1CCC(=NNC(=O)CN(c2ccc(Oc3ccccc3)cc2)S(C)(=O)=O)CC1. The summed E-state index contributed by atoms with van der Waals surface area (Å²) in [6.45, 7) is 6.41. The van der Waals surface area contributed by atoms with E-state index in [1.165, 1.54) is 0 Å². The van der Waals surface area contributed by atoms with Crippen LogP contribution in [0.25, 0.3) is 0 Å². The number of sulfonamides is 1. The minimum atomic E-state index is -3.67. The van der Waals surface area contributed by atoms with Gasteiger partial charge in [-0.05, 0) is 73.4 Å². The average Bonchev–Trinajstić information content (AvgIpc) is 2.76. The minimum absolute atomic E-state index is 0.270. The summed E-state index contributed by atoms with van der Waals surface area (Å²) in [5, 5.41) is 4.26. The molecule has 178 valence electrons. The molecule has 0 radical (unpaired) electrons. The second kappa shape index (κ2) is 10.4. The van der Waals surface area contributed by atoms with E-state index in [4.69, 9.17) is 4.74 Å². The Kier molecular flexibility index (Phi) is 7.79. The topological polar surface area (TPSA) is 88.1 Å². The van der Waals surface area contributed by atoms with Crippen LogP contribution in [-0.4, -0.2) is 32.8 Å². The summed E-state index contributed by atoms with van der Waals surface area (Å²) >= 11 is 0. The summed E-state index contributed by atoms with van der Waals surface area (Å²) in [7, 11) is -3.67. The number of amides is 1. The van der Waals surface area contributed by atoms with Gasteiger partial charge in [0.1, 0.15) is 18.0 Å². The third-order valence-electron chi connectivity index (χ3n) is 5.92. The van der Waals surface area contributed by atoms with Crippen molar-refractivity contribution in [3.05, 3.63) is 54.6 Å². The number of carbonyl (C=O) groups excluding carboxylic acids is 1. The van der Waals surface area contributed by atoms with E-state index in [-0.39, 0.29) is 12.0 Å². The lowest BCUT2D eigenvalue weighted by molar-refractivity contribution is -0.119. The van der Waals surface area contributed by atoms with Gasteiger partial charge in [0.25, 0.3) is 5.91 Å². The number of carbonyl (C=O) groups is 1. The normalized spacial score (nSPS) is 16.7. The monoisotopic (exact) mass is 471 g/mol. The van der Waals surface area contributed by atoms with E-state index < -0.39 is 15.9 Å². The zero-order valence-electron chi connectivity index (χ0n) is 19.7. The van der Waals surface area contributed by atoms with Gasteiger partial charge in [-0.2, -0.15) is 5.10 Å². The highest BCUT2D eigenvalue weighted by molar-refractivity contribution is 7.92. The maximum Gasteiger partial charge on any atom is 0.260 e. The fourth-order valence-electron chi connectivity index (χ4n) is 3.94. The molecule has 7 nitrogen and oxygen atoms in total. The molecule has 2 aromatic carbocycles. The summed E-state index contributed by atoms with van der Waals surface area (Å²) in [6, 6.07) is 15.9. The quantitative estimate of drug-likeness (QED) is 0.579. The van der Waals surface area contributed by atoms with Crippen LogP contribution in [-0.2, 0) is 14.8 Å². The maximum absolute atomic E-state index is 12.5. The maximum atomic E-state index is 12.5. The van der Waals surface area contributed by atoms with Gasteiger partial charge in [-0.15, -0.1) is 0 Å². The molecule has 8 heteroatoms. The van der Waals surface area contributed by atoms with Gasteiger partial charge in [-0.25, -0.2) is 13.8 Å². The molecule has 1 fully saturated rings. The fourth-order valence-corrected chi connectivity index (χ4v) is 4.80. The molecule has 1 amide bonds. The van der Waals surface area contributed by atoms with Crippen LogP contribution >= 0.6 is 0 Å². The van der Waals surface area contributed by atoms with Crippen LogP contribution in [0.3, 0.4) is 0 Å². The molecule has 0 saturated heterocycles. The van der Waals surface area contributed by atoms with Crippen molar-refractivity contribution in [2.75, 3.05) is 17.1 Å². The van der Waals surface area contributed by atoms with Crippen molar-refractivity contribution in [1.82, 2.24) is 5.43 Å². The molecule has 0 unspecified atom stereocenters. The van der Waals surface area contributed by atoms with E-state index in [0.717, 1.165) is 42.0 Å². The van der Waals surface area contributed by atoms with E-state index >= 15 is 0 Å². The van der Waals surface area contributed by atoms with E-state index in [0.29, 0.717) is 23.1 Å². The number of hydrogen-bond acceptors (Lipinski definition) is 5. The third-order valence-corrected chi connectivity index (χ3v) is 7.06. The Morgan fingerprint density at radius 3 is 2.15 bits per heavy atom. The van der Waals surface area contributed by atoms with E-state index in [1.54, 1.807) is 24.3 Å². The van der Waals surface area contributed by atoms with Crippen LogP contribution in [0.1, 0.15) is 46.5 Å². The van der Waals surface area contributed by atoms with Crippen LogP contribution in [0.15, 0.2) is 59.7 Å². The molecule has 0 bridgehead atoms. The lowest BCUT2D eigenvalue weighted by Crippen LogP contribution is -2.39.